The first kappa shape index (κ1) is 31.0. The van der Waals surface area contributed by atoms with E-state index in [2.05, 4.69) is 25.7 Å². The van der Waals surface area contributed by atoms with Crippen LogP contribution in [-0.4, -0.2) is 24.3 Å². The number of halogens is 3. The molecule has 1 aliphatic carbocycles. The Morgan fingerprint density at radius 1 is 0.930 bits per heavy atom. The molecule has 3 aromatic carbocycles. The topological polar surface area (TPSA) is 145 Å². The van der Waals surface area contributed by atoms with Crippen LogP contribution in [0.4, 0.5) is 23.7 Å². The van der Waals surface area contributed by atoms with Crippen molar-refractivity contribution in [2.45, 2.75) is 57.5 Å². The molecule has 0 heterocycles. The van der Waals surface area contributed by atoms with Crippen molar-refractivity contribution in [1.29, 1.82) is 5.53 Å². The van der Waals surface area contributed by atoms with Gasteiger partial charge >= 0.3 is 12.4 Å². The summed E-state index contributed by atoms with van der Waals surface area (Å²) in [5.41, 5.74) is 15.7. The lowest BCUT2D eigenvalue weighted by atomic mass is 9.84. The molecule has 5 N–H and O–H groups in total. The lowest BCUT2D eigenvalue weighted by molar-refractivity contribution is -0.274. The molecule has 0 spiro atoms. The van der Waals surface area contributed by atoms with Crippen molar-refractivity contribution in [3.8, 4) is 5.75 Å². The van der Waals surface area contributed by atoms with Gasteiger partial charge in [-0.1, -0.05) is 60.8 Å². The molecule has 0 bridgehead atoms. The lowest BCUT2D eigenvalue weighted by Crippen LogP contribution is -2.39. The Labute approximate surface area is 246 Å². The fourth-order valence-corrected chi connectivity index (χ4v) is 4.94. The number of alkyl halides is 3. The van der Waals surface area contributed by atoms with Gasteiger partial charge in [-0.3, -0.25) is 15.0 Å². The number of guanidine groups is 1. The molecule has 0 radical (unpaired) electrons. The second-order valence-electron chi connectivity index (χ2n) is 10.1. The number of carbonyl (C=O) groups excluding carboxylic acids is 2. The first-order chi connectivity index (χ1) is 20.6. The molecule has 1 aliphatic rings. The summed E-state index contributed by atoms with van der Waals surface area (Å²) in [5, 5.41) is 11.2. The molecule has 3 amide bonds. The minimum atomic E-state index is -4.79. The molecule has 43 heavy (non-hydrogen) atoms. The number of hydrogen-bond donors (Lipinski definition) is 4. The Balaban J connectivity index is 1.49. The number of anilines is 1. The van der Waals surface area contributed by atoms with E-state index in [9.17, 15) is 22.8 Å². The van der Waals surface area contributed by atoms with Gasteiger partial charge in [-0.15, -0.1) is 13.2 Å². The third-order valence-corrected chi connectivity index (χ3v) is 7.08. The van der Waals surface area contributed by atoms with Crippen molar-refractivity contribution < 1.29 is 27.5 Å². The quantitative estimate of drug-likeness (QED) is 0.0963. The maximum atomic E-state index is 13.4. The summed E-state index contributed by atoms with van der Waals surface area (Å²) >= 11 is 0. The highest BCUT2D eigenvalue weighted by atomic mass is 19.4. The van der Waals surface area contributed by atoms with Gasteiger partial charge in [0.25, 0.3) is 5.91 Å². The van der Waals surface area contributed by atoms with Gasteiger partial charge < -0.3 is 15.8 Å². The van der Waals surface area contributed by atoms with Crippen molar-refractivity contribution in [1.82, 2.24) is 10.6 Å². The second-order valence-corrected chi connectivity index (χ2v) is 10.1. The van der Waals surface area contributed by atoms with Crippen molar-refractivity contribution in [2.75, 3.05) is 4.90 Å². The van der Waals surface area contributed by atoms with Crippen LogP contribution in [0.25, 0.3) is 0 Å². The minimum Gasteiger partial charge on any atom is -0.406 e. The summed E-state index contributed by atoms with van der Waals surface area (Å²) < 4.78 is 41.3. The molecule has 0 unspecified atom stereocenters. The van der Waals surface area contributed by atoms with Crippen LogP contribution in [0.3, 0.4) is 0 Å². The molecule has 1 saturated carbocycles. The Morgan fingerprint density at radius 3 is 2.16 bits per heavy atom. The molecule has 0 aromatic heterocycles. The highest BCUT2D eigenvalue weighted by Crippen LogP contribution is 2.33. The first-order valence-electron chi connectivity index (χ1n) is 13.7. The molecule has 0 aliphatic heterocycles. The zero-order valence-electron chi connectivity index (χ0n) is 23.2. The van der Waals surface area contributed by atoms with Gasteiger partial charge in [0.05, 0.1) is 6.54 Å². The fourth-order valence-electron chi connectivity index (χ4n) is 4.94. The predicted octanol–water partition coefficient (Wildman–Crippen LogP) is 6.54. The van der Waals surface area contributed by atoms with Crippen LogP contribution in [0.1, 0.15) is 65.1 Å². The van der Waals surface area contributed by atoms with E-state index in [0.717, 1.165) is 18.4 Å². The number of nitrogens with one attached hydrogen (secondary N) is 3. The largest absolute Gasteiger partial charge is 0.573 e. The number of benzene rings is 3. The van der Waals surface area contributed by atoms with E-state index in [1.807, 2.05) is 24.3 Å². The molecular weight excluding hydrogens is 563 g/mol. The average molecular weight is 596 g/mol. The van der Waals surface area contributed by atoms with Crippen LogP contribution >= 0.6 is 0 Å². The van der Waals surface area contributed by atoms with E-state index in [4.69, 9.17) is 11.3 Å². The summed E-state index contributed by atoms with van der Waals surface area (Å²) in [4.78, 5) is 27.4. The standard InChI is InChI=1S/C30H32F3N7O3/c31-30(32,33)43-26-16-8-20(9-17-26)18-36-29(42)40(25-14-12-23(13-15-25)22-4-2-1-3-5-22)19-21-6-10-24(11-7-21)27(41)37-28(34)38-39-35/h6-17,22H,1-5,18-19H2,(H,36,42)(H4,34,35,37,38,41). The highest BCUT2D eigenvalue weighted by molar-refractivity contribution is 6.05. The molecule has 4 rings (SSSR count). The normalized spacial score (nSPS) is 14.1. The number of rotatable bonds is 9. The zero-order valence-corrected chi connectivity index (χ0v) is 23.2. The molecule has 1 fully saturated rings. The van der Waals surface area contributed by atoms with Crippen LogP contribution in [0.2, 0.25) is 0 Å². The number of hydrogen-bond acceptors (Lipinski definition) is 5. The zero-order chi connectivity index (χ0) is 30.8. The summed E-state index contributed by atoms with van der Waals surface area (Å²) in [6.45, 7) is 0.255. The van der Waals surface area contributed by atoms with Crippen LogP contribution in [0.5, 0.6) is 5.75 Å². The van der Waals surface area contributed by atoms with Gasteiger partial charge in [-0.25, -0.2) is 4.79 Å². The summed E-state index contributed by atoms with van der Waals surface area (Å²) in [5.74, 6) is -0.690. The SMILES string of the molecule is N=N/N=C(\N)NC(=O)c1ccc(CN(C(=O)NCc2ccc(OC(F)(F)F)cc2)c2ccc(C3CCCCC3)cc2)cc1. The van der Waals surface area contributed by atoms with Gasteiger partial charge in [0.2, 0.25) is 5.96 Å². The van der Waals surface area contributed by atoms with E-state index >= 15 is 0 Å². The Kier molecular flexibility index (Phi) is 10.3. The number of nitrogens with zero attached hydrogens (tertiary/aromatic N) is 3. The Hall–Kier alpha value is -4.94. The molecule has 13 heteroatoms. The van der Waals surface area contributed by atoms with E-state index in [1.165, 1.54) is 49.1 Å². The number of carbonyl (C=O) groups is 2. The maximum absolute atomic E-state index is 13.4. The van der Waals surface area contributed by atoms with Crippen molar-refractivity contribution in [3.63, 3.8) is 0 Å². The number of amides is 3. The van der Waals surface area contributed by atoms with Gasteiger partial charge in [-0.2, -0.15) is 5.53 Å². The number of ether oxygens (including phenoxy) is 1. The third kappa shape index (κ3) is 9.28. The molecule has 10 nitrogen and oxygen atoms in total. The van der Waals surface area contributed by atoms with E-state index in [-0.39, 0.29) is 30.4 Å². The van der Waals surface area contributed by atoms with Gasteiger partial charge in [0.1, 0.15) is 5.75 Å². The van der Waals surface area contributed by atoms with Crippen LogP contribution < -0.4 is 26.0 Å². The van der Waals surface area contributed by atoms with Crippen LogP contribution in [-0.2, 0) is 13.1 Å². The Morgan fingerprint density at radius 2 is 1.56 bits per heavy atom. The van der Waals surface area contributed by atoms with Gasteiger partial charge in [0.15, 0.2) is 0 Å². The highest BCUT2D eigenvalue weighted by Gasteiger charge is 2.31. The monoisotopic (exact) mass is 595 g/mol. The maximum Gasteiger partial charge on any atom is 0.573 e. The lowest BCUT2D eigenvalue weighted by Gasteiger charge is -2.26. The smallest absolute Gasteiger partial charge is 0.406 e. The van der Waals surface area contributed by atoms with Crippen LogP contribution in [0, 0.1) is 5.53 Å². The fraction of sp³-hybridized carbons (Fsp3) is 0.300. The van der Waals surface area contributed by atoms with Gasteiger partial charge in [0, 0.05) is 17.8 Å². The van der Waals surface area contributed by atoms with Crippen molar-refractivity contribution in [3.05, 3.63) is 95.1 Å². The summed E-state index contributed by atoms with van der Waals surface area (Å²) in [6.07, 6.45) is 1.17. The molecular formula is C30H32F3N7O3. The molecule has 3 aromatic rings. The second kappa shape index (κ2) is 14.3. The number of nitrogens with two attached hydrogens (primary N) is 1. The molecule has 0 saturated heterocycles. The van der Waals surface area contributed by atoms with Gasteiger partial charge in [-0.05, 0) is 77.1 Å². The predicted molar refractivity (Wildman–Crippen MR) is 154 cm³/mol. The van der Waals surface area contributed by atoms with E-state index in [0.29, 0.717) is 17.2 Å². The van der Waals surface area contributed by atoms with Crippen molar-refractivity contribution in [2.24, 2.45) is 16.1 Å². The third-order valence-electron chi connectivity index (χ3n) is 7.08. The summed E-state index contributed by atoms with van der Waals surface area (Å²) in [6, 6.07) is 19.3. The molecule has 226 valence electrons. The minimum absolute atomic E-state index is 0.0779. The average Bonchev–Trinajstić information content (AvgIpc) is 2.99. The Bertz CT molecular complexity index is 1420. The van der Waals surface area contributed by atoms with E-state index < -0.39 is 18.3 Å². The van der Waals surface area contributed by atoms with Crippen LogP contribution in [0.15, 0.2) is 83.1 Å². The molecule has 0 atom stereocenters. The van der Waals surface area contributed by atoms with E-state index in [1.54, 1.807) is 29.2 Å². The first-order valence-corrected chi connectivity index (χ1v) is 13.7. The number of urea groups is 1. The summed E-state index contributed by atoms with van der Waals surface area (Å²) in [7, 11) is 0. The van der Waals surface area contributed by atoms with Crippen molar-refractivity contribution >= 4 is 23.6 Å².